The summed E-state index contributed by atoms with van der Waals surface area (Å²) in [6.07, 6.45) is 14.3. The molecule has 166 valence electrons. The lowest BCUT2D eigenvalue weighted by Crippen LogP contribution is -2.11. The number of aryl methyl sites for hydroxylation is 3. The molecule has 0 bridgehead atoms. The van der Waals surface area contributed by atoms with Crippen molar-refractivity contribution in [2.45, 2.75) is 39.5 Å². The molecular formula is C25H35N5O. The predicted octanol–water partition coefficient (Wildman–Crippen LogP) is 5.08. The maximum Gasteiger partial charge on any atom is 0.136 e. The Labute approximate surface area is 185 Å². The van der Waals surface area contributed by atoms with Gasteiger partial charge in [0.05, 0.1) is 11.2 Å². The van der Waals surface area contributed by atoms with E-state index in [-0.39, 0.29) is 0 Å². The van der Waals surface area contributed by atoms with Gasteiger partial charge < -0.3 is 10.4 Å². The van der Waals surface area contributed by atoms with E-state index >= 15 is 0 Å². The summed E-state index contributed by atoms with van der Waals surface area (Å²) in [5, 5.41) is 16.9. The van der Waals surface area contributed by atoms with Crippen molar-refractivity contribution in [3.8, 4) is 0 Å². The van der Waals surface area contributed by atoms with Crippen LogP contribution in [-0.4, -0.2) is 38.5 Å². The lowest BCUT2D eigenvalue weighted by molar-refractivity contribution is 0.208. The number of anilines is 1. The zero-order valence-electron chi connectivity index (χ0n) is 19.2. The third kappa shape index (κ3) is 7.64. The molecule has 0 radical (unpaired) electrons. The number of hydrogen-bond acceptors (Lipinski definition) is 5. The minimum absolute atomic E-state index is 0.394. The molecule has 0 unspecified atom stereocenters. The van der Waals surface area contributed by atoms with E-state index in [0.717, 1.165) is 34.9 Å². The number of allylic oxidation sites excluding steroid dienone is 2. The first-order chi connectivity index (χ1) is 15.0. The zero-order valence-corrected chi connectivity index (χ0v) is 19.2. The van der Waals surface area contributed by atoms with Crippen LogP contribution in [0.25, 0.3) is 17.0 Å². The molecule has 2 N–H and O–H groups in total. The summed E-state index contributed by atoms with van der Waals surface area (Å²) in [6, 6.07) is 6.27. The summed E-state index contributed by atoms with van der Waals surface area (Å²) in [7, 11) is 3.78. The lowest BCUT2D eigenvalue weighted by atomic mass is 9.83. The summed E-state index contributed by atoms with van der Waals surface area (Å²) < 4.78 is 1.84. The highest BCUT2D eigenvalue weighted by molar-refractivity contribution is 5.78. The van der Waals surface area contributed by atoms with Crippen LogP contribution >= 0.6 is 0 Å². The van der Waals surface area contributed by atoms with Crippen LogP contribution in [0.15, 0.2) is 49.5 Å². The first-order valence-electron chi connectivity index (χ1n) is 10.8. The van der Waals surface area contributed by atoms with Gasteiger partial charge in [-0.25, -0.2) is 9.97 Å². The highest BCUT2D eigenvalue weighted by Crippen LogP contribution is 2.28. The maximum atomic E-state index is 8.40. The van der Waals surface area contributed by atoms with Crippen LogP contribution in [0.2, 0.25) is 0 Å². The number of fused-ring (bicyclic) bond motifs is 1. The lowest BCUT2D eigenvalue weighted by Gasteiger charge is -2.23. The van der Waals surface area contributed by atoms with Crippen LogP contribution in [0.3, 0.4) is 0 Å². The van der Waals surface area contributed by atoms with E-state index in [2.05, 4.69) is 46.0 Å². The summed E-state index contributed by atoms with van der Waals surface area (Å²) in [5.41, 5.74) is 4.31. The van der Waals surface area contributed by atoms with E-state index in [9.17, 15) is 0 Å². The molecule has 1 aromatic carbocycles. The van der Waals surface area contributed by atoms with Gasteiger partial charge in [0.2, 0.25) is 0 Å². The van der Waals surface area contributed by atoms with E-state index in [0.29, 0.717) is 6.61 Å². The Hall–Kier alpha value is -2.99. The van der Waals surface area contributed by atoms with Crippen molar-refractivity contribution in [1.82, 2.24) is 19.7 Å². The standard InChI is InChI=1S/C10H13N3.C9H10N2.C6H12O/c1-4-5-6-9-8(2)12-7-13-10(9)11-3;1-7-3-4-9-8(5-7)6-11(2)10-9;7-5-4-6-2-1-3-6/h4-7H,1H2,2-3H3,(H,11,12,13);3-6H,1-2H3;6-7H,1-5H2/b6-5-;;. The smallest absolute Gasteiger partial charge is 0.136 e. The molecule has 1 aliphatic rings. The fourth-order valence-corrected chi connectivity index (χ4v) is 3.28. The quantitative estimate of drug-likeness (QED) is 0.562. The topological polar surface area (TPSA) is 75.9 Å². The number of nitrogens with one attached hydrogen (secondary N) is 1. The first kappa shape index (κ1) is 24.3. The highest BCUT2D eigenvalue weighted by Gasteiger charge is 2.15. The second-order valence-corrected chi connectivity index (χ2v) is 7.74. The van der Waals surface area contributed by atoms with Gasteiger partial charge in [0.1, 0.15) is 12.1 Å². The van der Waals surface area contributed by atoms with Gasteiger partial charge in [-0.1, -0.05) is 49.6 Å². The second-order valence-electron chi connectivity index (χ2n) is 7.74. The van der Waals surface area contributed by atoms with E-state index in [1.165, 1.54) is 30.2 Å². The predicted molar refractivity (Wildman–Crippen MR) is 130 cm³/mol. The SMILES string of the molecule is C=C/C=C\c1c(C)ncnc1NC.Cc1ccc2nn(C)cc2c1.OCCC1CCC1. The third-order valence-corrected chi connectivity index (χ3v) is 5.26. The van der Waals surface area contributed by atoms with Gasteiger partial charge in [0, 0.05) is 37.8 Å². The molecular weight excluding hydrogens is 386 g/mol. The van der Waals surface area contributed by atoms with Crippen LogP contribution in [0.4, 0.5) is 5.82 Å². The van der Waals surface area contributed by atoms with Gasteiger partial charge in [-0.15, -0.1) is 0 Å². The fourth-order valence-electron chi connectivity index (χ4n) is 3.28. The van der Waals surface area contributed by atoms with Crippen LogP contribution < -0.4 is 5.32 Å². The summed E-state index contributed by atoms with van der Waals surface area (Å²) in [4.78, 5) is 8.21. The molecule has 0 amide bonds. The van der Waals surface area contributed by atoms with Gasteiger partial charge in [-0.2, -0.15) is 5.10 Å². The first-order valence-corrected chi connectivity index (χ1v) is 10.8. The van der Waals surface area contributed by atoms with Gasteiger partial charge in [-0.3, -0.25) is 4.68 Å². The van der Waals surface area contributed by atoms with Crippen molar-refractivity contribution in [3.63, 3.8) is 0 Å². The Bertz CT molecular complexity index is 989. The molecule has 1 saturated carbocycles. The summed E-state index contributed by atoms with van der Waals surface area (Å²) >= 11 is 0. The number of benzene rings is 1. The van der Waals surface area contributed by atoms with E-state index in [4.69, 9.17) is 5.11 Å². The van der Waals surface area contributed by atoms with Crippen molar-refractivity contribution in [2.24, 2.45) is 13.0 Å². The zero-order chi connectivity index (χ0) is 22.6. The largest absolute Gasteiger partial charge is 0.396 e. The molecule has 4 rings (SSSR count). The molecule has 0 saturated heterocycles. The molecule has 2 aromatic heterocycles. The number of aromatic nitrogens is 4. The van der Waals surface area contributed by atoms with Crippen LogP contribution in [-0.2, 0) is 7.05 Å². The fraction of sp³-hybridized carbons (Fsp3) is 0.400. The molecule has 2 heterocycles. The van der Waals surface area contributed by atoms with Crippen molar-refractivity contribution >= 4 is 22.8 Å². The van der Waals surface area contributed by atoms with Gasteiger partial charge in [-0.05, 0) is 44.4 Å². The molecule has 3 aromatic rings. The molecule has 0 atom stereocenters. The minimum Gasteiger partial charge on any atom is -0.396 e. The molecule has 0 aliphatic heterocycles. The van der Waals surface area contributed by atoms with Gasteiger partial charge >= 0.3 is 0 Å². The molecule has 1 aliphatic carbocycles. The number of aliphatic hydroxyl groups is 1. The number of aliphatic hydroxyl groups excluding tert-OH is 1. The second kappa shape index (κ2) is 12.6. The minimum atomic E-state index is 0.394. The van der Waals surface area contributed by atoms with Crippen LogP contribution in [0, 0.1) is 19.8 Å². The average molecular weight is 422 g/mol. The summed E-state index contributed by atoms with van der Waals surface area (Å²) in [5.74, 6) is 1.72. The maximum absolute atomic E-state index is 8.40. The highest BCUT2D eigenvalue weighted by atomic mass is 16.3. The van der Waals surface area contributed by atoms with E-state index in [1.807, 2.05) is 50.1 Å². The molecule has 0 spiro atoms. The van der Waals surface area contributed by atoms with Crippen molar-refractivity contribution < 1.29 is 5.11 Å². The van der Waals surface area contributed by atoms with E-state index < -0.39 is 0 Å². The molecule has 31 heavy (non-hydrogen) atoms. The number of hydrogen-bond donors (Lipinski definition) is 2. The average Bonchev–Trinajstić information content (AvgIpc) is 3.09. The third-order valence-electron chi connectivity index (χ3n) is 5.26. The Morgan fingerprint density at radius 2 is 2.03 bits per heavy atom. The monoisotopic (exact) mass is 421 g/mol. The normalized spacial score (nSPS) is 13.1. The van der Waals surface area contributed by atoms with Crippen molar-refractivity contribution in [1.29, 1.82) is 0 Å². The molecule has 6 heteroatoms. The van der Waals surface area contributed by atoms with Crippen LogP contribution in [0.1, 0.15) is 42.5 Å². The Kier molecular flexibility index (Phi) is 9.91. The van der Waals surface area contributed by atoms with Gasteiger partial charge in [0.15, 0.2) is 0 Å². The number of rotatable bonds is 5. The van der Waals surface area contributed by atoms with E-state index in [1.54, 1.807) is 12.4 Å². The Morgan fingerprint density at radius 1 is 1.26 bits per heavy atom. The van der Waals surface area contributed by atoms with Crippen molar-refractivity contribution in [3.05, 3.63) is 66.3 Å². The summed E-state index contributed by atoms with van der Waals surface area (Å²) in [6.45, 7) is 8.05. The molecule has 6 nitrogen and oxygen atoms in total. The van der Waals surface area contributed by atoms with Crippen LogP contribution in [0.5, 0.6) is 0 Å². The Morgan fingerprint density at radius 3 is 2.61 bits per heavy atom. The van der Waals surface area contributed by atoms with Crippen molar-refractivity contribution in [2.75, 3.05) is 19.0 Å². The Balaban J connectivity index is 0.000000172. The number of nitrogens with zero attached hydrogens (tertiary/aromatic N) is 4. The molecule has 1 fully saturated rings. The van der Waals surface area contributed by atoms with Gasteiger partial charge in [0.25, 0.3) is 0 Å².